The van der Waals surface area contributed by atoms with E-state index >= 15 is 0 Å². The highest BCUT2D eigenvalue weighted by Crippen LogP contribution is 2.42. The number of H-pyrrole nitrogens is 1. The van der Waals surface area contributed by atoms with Crippen LogP contribution in [0.3, 0.4) is 0 Å². The highest BCUT2D eigenvalue weighted by atomic mass is 19.1. The smallest absolute Gasteiger partial charge is 0.182 e. The van der Waals surface area contributed by atoms with Crippen LogP contribution in [0.4, 0.5) is 8.78 Å². The molecule has 2 fully saturated rings. The maximum absolute atomic E-state index is 14.8. The van der Waals surface area contributed by atoms with Crippen molar-refractivity contribution in [2.45, 2.75) is 57.5 Å². The van der Waals surface area contributed by atoms with E-state index in [4.69, 9.17) is 14.7 Å². The van der Waals surface area contributed by atoms with E-state index in [2.05, 4.69) is 26.2 Å². The molecule has 1 aliphatic carbocycles. The summed E-state index contributed by atoms with van der Waals surface area (Å²) in [6, 6.07) is 5.57. The van der Waals surface area contributed by atoms with Crippen molar-refractivity contribution in [3.05, 3.63) is 64.5 Å². The van der Waals surface area contributed by atoms with Crippen molar-refractivity contribution in [3.8, 4) is 11.3 Å². The molecular weight excluding hydrogens is 438 g/mol. The number of hydrogen-bond acceptors (Lipinski definition) is 6. The third-order valence-electron chi connectivity index (χ3n) is 6.75. The van der Waals surface area contributed by atoms with Gasteiger partial charge in [0, 0.05) is 30.1 Å². The summed E-state index contributed by atoms with van der Waals surface area (Å²) in [6.07, 6.45) is 3.63. The van der Waals surface area contributed by atoms with Crippen molar-refractivity contribution in [3.63, 3.8) is 0 Å². The Labute approximate surface area is 195 Å². The summed E-state index contributed by atoms with van der Waals surface area (Å²) in [5.41, 5.74) is 4.84. The predicted octanol–water partition coefficient (Wildman–Crippen LogP) is 5.22. The summed E-state index contributed by atoms with van der Waals surface area (Å²) in [4.78, 5) is 18.7. The van der Waals surface area contributed by atoms with Crippen LogP contribution in [-0.2, 0) is 4.74 Å². The third-order valence-corrected chi connectivity index (χ3v) is 6.75. The first-order valence-corrected chi connectivity index (χ1v) is 11.6. The molecule has 0 unspecified atom stereocenters. The zero-order chi connectivity index (χ0) is 23.4. The standard InChI is InChI=1S/C25H24F2N6O/c1-12-13(2)29-25-23(28-12)22(17-6-5-16(26)10-18(17)27)30-24(31-25)15-7-8-34-21(9-15)20-11-19(32-33-20)14-3-4-14/h5-6,10-11,14-15,21H,3-4,7-9H2,1-2H3,(H,32,33)/t15-,21-/m1/s1. The first-order chi connectivity index (χ1) is 16.5. The van der Waals surface area contributed by atoms with Crippen molar-refractivity contribution in [1.29, 1.82) is 0 Å². The first-order valence-electron chi connectivity index (χ1n) is 11.6. The van der Waals surface area contributed by atoms with Gasteiger partial charge in [-0.1, -0.05) is 0 Å². The Morgan fingerprint density at radius 3 is 2.56 bits per heavy atom. The fourth-order valence-corrected chi connectivity index (χ4v) is 4.54. The predicted molar refractivity (Wildman–Crippen MR) is 121 cm³/mol. The lowest BCUT2D eigenvalue weighted by Gasteiger charge is -2.28. The Hall–Kier alpha value is -3.33. The van der Waals surface area contributed by atoms with E-state index in [1.54, 1.807) is 0 Å². The molecule has 2 atom stereocenters. The second-order valence-electron chi connectivity index (χ2n) is 9.22. The number of halogens is 2. The van der Waals surface area contributed by atoms with Crippen molar-refractivity contribution < 1.29 is 13.5 Å². The van der Waals surface area contributed by atoms with E-state index in [1.807, 2.05) is 13.8 Å². The lowest BCUT2D eigenvalue weighted by atomic mass is 9.92. The van der Waals surface area contributed by atoms with Gasteiger partial charge >= 0.3 is 0 Å². The highest BCUT2D eigenvalue weighted by molar-refractivity contribution is 5.87. The van der Waals surface area contributed by atoms with Crippen molar-refractivity contribution in [2.24, 2.45) is 0 Å². The van der Waals surface area contributed by atoms with Gasteiger partial charge < -0.3 is 4.74 Å². The summed E-state index contributed by atoms with van der Waals surface area (Å²) < 4.78 is 34.4. The van der Waals surface area contributed by atoms with E-state index in [9.17, 15) is 8.78 Å². The maximum atomic E-state index is 14.8. The molecule has 9 heteroatoms. The summed E-state index contributed by atoms with van der Waals surface area (Å²) in [6.45, 7) is 4.25. The number of ether oxygens (including phenoxy) is 1. The molecule has 34 heavy (non-hydrogen) atoms. The lowest BCUT2D eigenvalue weighted by Crippen LogP contribution is -2.21. The zero-order valence-corrected chi connectivity index (χ0v) is 19.0. The van der Waals surface area contributed by atoms with Gasteiger partial charge in [-0.15, -0.1) is 0 Å². The van der Waals surface area contributed by atoms with Gasteiger partial charge in [-0.3, -0.25) is 5.10 Å². The molecule has 4 aromatic rings. The van der Waals surface area contributed by atoms with Crippen LogP contribution >= 0.6 is 0 Å². The van der Waals surface area contributed by atoms with E-state index in [-0.39, 0.29) is 17.6 Å². The first kappa shape index (κ1) is 21.2. The number of hydrogen-bond donors (Lipinski definition) is 1. The Morgan fingerprint density at radius 1 is 0.941 bits per heavy atom. The number of benzene rings is 1. The third kappa shape index (κ3) is 3.83. The topological polar surface area (TPSA) is 89.5 Å². The molecule has 0 bridgehead atoms. The second-order valence-corrected chi connectivity index (χ2v) is 9.22. The van der Waals surface area contributed by atoms with Gasteiger partial charge in [0.05, 0.1) is 28.9 Å². The minimum atomic E-state index is -0.694. The summed E-state index contributed by atoms with van der Waals surface area (Å²) in [5, 5.41) is 7.59. The number of aromatic amines is 1. The Morgan fingerprint density at radius 2 is 1.76 bits per heavy atom. The van der Waals surface area contributed by atoms with Gasteiger partial charge in [0.1, 0.15) is 28.7 Å². The van der Waals surface area contributed by atoms with Crippen LogP contribution in [0.15, 0.2) is 24.3 Å². The average Bonchev–Trinajstić information content (AvgIpc) is 3.56. The van der Waals surface area contributed by atoms with E-state index in [0.29, 0.717) is 47.3 Å². The van der Waals surface area contributed by atoms with E-state index in [0.717, 1.165) is 29.6 Å². The molecule has 3 aromatic heterocycles. The van der Waals surface area contributed by atoms with Gasteiger partial charge in [0.2, 0.25) is 0 Å². The number of aryl methyl sites for hydroxylation is 2. The minimum absolute atomic E-state index is 0.0125. The normalized spacial score (nSPS) is 20.7. The Bertz CT molecular complexity index is 1400. The second kappa shape index (κ2) is 8.16. The molecule has 1 N–H and O–H groups in total. The van der Waals surface area contributed by atoms with Gasteiger partial charge in [-0.2, -0.15) is 5.10 Å². The van der Waals surface area contributed by atoms with Gasteiger partial charge in [-0.05, 0) is 57.7 Å². The summed E-state index contributed by atoms with van der Waals surface area (Å²) in [7, 11) is 0. The van der Waals surface area contributed by atoms with Crippen molar-refractivity contribution >= 4 is 11.2 Å². The van der Waals surface area contributed by atoms with E-state index < -0.39 is 11.6 Å². The van der Waals surface area contributed by atoms with Crippen LogP contribution in [0, 0.1) is 25.5 Å². The van der Waals surface area contributed by atoms with Crippen molar-refractivity contribution in [2.75, 3.05) is 6.61 Å². The van der Waals surface area contributed by atoms with Crippen LogP contribution in [-0.4, -0.2) is 36.7 Å². The highest BCUT2D eigenvalue weighted by Gasteiger charge is 2.32. The maximum Gasteiger partial charge on any atom is 0.182 e. The minimum Gasteiger partial charge on any atom is -0.372 e. The molecular formula is C25H24F2N6O. The lowest BCUT2D eigenvalue weighted by molar-refractivity contribution is 0.00146. The molecule has 7 nitrogen and oxygen atoms in total. The van der Waals surface area contributed by atoms with Crippen molar-refractivity contribution in [1.82, 2.24) is 30.1 Å². The molecule has 1 aliphatic heterocycles. The Kier molecular flexibility index (Phi) is 5.09. The molecule has 2 aliphatic rings. The quantitative estimate of drug-likeness (QED) is 0.447. The fourth-order valence-electron chi connectivity index (χ4n) is 4.54. The molecule has 4 heterocycles. The van der Waals surface area contributed by atoms with Gasteiger partial charge in [0.25, 0.3) is 0 Å². The largest absolute Gasteiger partial charge is 0.372 e. The number of rotatable bonds is 4. The number of nitrogens with one attached hydrogen (secondary N) is 1. The van der Waals surface area contributed by atoms with Crippen LogP contribution in [0.5, 0.6) is 0 Å². The summed E-state index contributed by atoms with van der Waals surface area (Å²) in [5.74, 6) is -0.219. The summed E-state index contributed by atoms with van der Waals surface area (Å²) >= 11 is 0. The molecule has 1 saturated carbocycles. The molecule has 174 valence electrons. The van der Waals surface area contributed by atoms with E-state index in [1.165, 1.54) is 25.0 Å². The number of nitrogens with zero attached hydrogens (tertiary/aromatic N) is 5. The van der Waals surface area contributed by atoms with Crippen LogP contribution < -0.4 is 0 Å². The molecule has 0 radical (unpaired) electrons. The monoisotopic (exact) mass is 462 g/mol. The van der Waals surface area contributed by atoms with Crippen LogP contribution in [0.25, 0.3) is 22.4 Å². The number of fused-ring (bicyclic) bond motifs is 1. The van der Waals surface area contributed by atoms with Gasteiger partial charge in [0.15, 0.2) is 5.65 Å². The SMILES string of the molecule is Cc1nc2nc([C@@H]3CCO[C@@H](c4cc(C5CC5)n[nH]4)C3)nc(-c3ccc(F)cc3F)c2nc1C. The molecule has 6 rings (SSSR count). The molecule has 1 aromatic carbocycles. The van der Waals surface area contributed by atoms with Gasteiger partial charge in [-0.25, -0.2) is 28.7 Å². The molecule has 0 spiro atoms. The zero-order valence-electron chi connectivity index (χ0n) is 19.0. The molecule has 0 amide bonds. The van der Waals surface area contributed by atoms with Crippen LogP contribution in [0.2, 0.25) is 0 Å². The average molecular weight is 463 g/mol. The Balaban J connectivity index is 1.41. The fraction of sp³-hybridized carbons (Fsp3) is 0.400. The molecule has 1 saturated heterocycles. The number of aromatic nitrogens is 6. The van der Waals surface area contributed by atoms with Crippen LogP contribution in [0.1, 0.15) is 72.2 Å².